The van der Waals surface area contributed by atoms with Crippen molar-refractivity contribution in [1.29, 1.82) is 0 Å². The summed E-state index contributed by atoms with van der Waals surface area (Å²) in [6.45, 7) is 5.38. The molecule has 2 aliphatic carbocycles. The molecule has 9 heteroatoms. The number of amides is 2. The number of rotatable bonds is 5. The van der Waals surface area contributed by atoms with Crippen LogP contribution in [0.25, 0.3) is 0 Å². The van der Waals surface area contributed by atoms with Crippen LogP contribution in [0.1, 0.15) is 52.7 Å². The predicted molar refractivity (Wildman–Crippen MR) is 136 cm³/mol. The Kier molecular flexibility index (Phi) is 6.65. The quantitative estimate of drug-likeness (QED) is 0.407. The maximum absolute atomic E-state index is 13.9. The van der Waals surface area contributed by atoms with Gasteiger partial charge in [0.15, 0.2) is 0 Å². The lowest BCUT2D eigenvalue weighted by atomic mass is 9.78. The minimum Gasteiger partial charge on any atom is -0.338 e. The molecule has 34 heavy (non-hydrogen) atoms. The van der Waals surface area contributed by atoms with Gasteiger partial charge in [-0.1, -0.05) is 29.3 Å². The first kappa shape index (κ1) is 25.6. The number of nitrogens with zero attached hydrogens (tertiary/aromatic N) is 1. The zero-order chi connectivity index (χ0) is 25.2. The zero-order valence-electron chi connectivity index (χ0n) is 19.2. The molecule has 0 aliphatic heterocycles. The molecule has 4 rings (SSSR count). The Morgan fingerprint density at radius 2 is 1.74 bits per heavy atom. The highest BCUT2D eigenvalue weighted by Gasteiger charge is 2.67. The van der Waals surface area contributed by atoms with Gasteiger partial charge in [0, 0.05) is 42.6 Å². The van der Waals surface area contributed by atoms with Crippen LogP contribution < -0.4 is 5.32 Å². The molecule has 2 unspecified atom stereocenters. The Morgan fingerprint density at radius 3 is 2.32 bits per heavy atom. The third-order valence-electron chi connectivity index (χ3n) is 6.98. The molecule has 2 aromatic rings. The Hall–Kier alpha value is -1.53. The first-order valence-corrected chi connectivity index (χ1v) is 12.4. The van der Waals surface area contributed by atoms with Crippen molar-refractivity contribution >= 4 is 63.9 Å². The fourth-order valence-electron chi connectivity index (χ4n) is 4.63. The molecular formula is C25H25Cl4FN2O2. The third kappa shape index (κ3) is 4.65. The van der Waals surface area contributed by atoms with Gasteiger partial charge in [0.2, 0.25) is 5.91 Å². The van der Waals surface area contributed by atoms with Gasteiger partial charge < -0.3 is 10.2 Å². The number of hydrogen-bond donors (Lipinski definition) is 1. The van der Waals surface area contributed by atoms with E-state index in [1.165, 1.54) is 17.9 Å². The molecule has 0 aromatic heterocycles. The van der Waals surface area contributed by atoms with Crippen molar-refractivity contribution in [3.63, 3.8) is 0 Å². The number of benzene rings is 2. The molecule has 2 aliphatic rings. The monoisotopic (exact) mass is 544 g/mol. The summed E-state index contributed by atoms with van der Waals surface area (Å²) in [5.74, 6) is -1.81. The minimum atomic E-state index is -1.27. The molecule has 4 nitrogen and oxygen atoms in total. The SMILES string of the molecule is Cc1cc(C2C(C(=O)Nc3ccc(Cl)c(C(=O)N(C)C4CC(C)(F)C4)c3)C2(Cl)Cl)cc(Cl)c1C. The highest BCUT2D eigenvalue weighted by atomic mass is 35.5. The zero-order valence-corrected chi connectivity index (χ0v) is 22.2. The van der Waals surface area contributed by atoms with Gasteiger partial charge >= 0.3 is 0 Å². The maximum atomic E-state index is 13.9. The number of alkyl halides is 3. The number of aryl methyl sites for hydroxylation is 1. The van der Waals surface area contributed by atoms with E-state index in [1.807, 2.05) is 19.9 Å². The summed E-state index contributed by atoms with van der Waals surface area (Å²) in [6.07, 6.45) is 0.560. The molecule has 0 saturated heterocycles. The van der Waals surface area contributed by atoms with E-state index < -0.39 is 21.8 Å². The Bertz CT molecular complexity index is 1150. The van der Waals surface area contributed by atoms with Crippen molar-refractivity contribution in [3.8, 4) is 0 Å². The summed E-state index contributed by atoms with van der Waals surface area (Å²) >= 11 is 25.6. The van der Waals surface area contributed by atoms with Gasteiger partial charge in [0.25, 0.3) is 5.91 Å². The molecular weight excluding hydrogens is 521 g/mol. The molecule has 0 bridgehead atoms. The lowest BCUT2D eigenvalue weighted by Gasteiger charge is -2.43. The van der Waals surface area contributed by atoms with Crippen molar-refractivity contribution in [2.45, 2.75) is 55.6 Å². The second-order valence-electron chi connectivity index (χ2n) is 9.65. The number of nitrogens with one attached hydrogen (secondary N) is 1. The molecule has 0 radical (unpaired) electrons. The van der Waals surface area contributed by atoms with E-state index in [4.69, 9.17) is 46.4 Å². The number of carbonyl (C=O) groups excluding carboxylic acids is 2. The molecule has 0 spiro atoms. The second-order valence-corrected chi connectivity index (χ2v) is 11.9. The number of anilines is 1. The van der Waals surface area contributed by atoms with Gasteiger partial charge in [0.1, 0.15) is 10.0 Å². The van der Waals surface area contributed by atoms with Gasteiger partial charge in [-0.05, 0) is 61.7 Å². The highest BCUT2D eigenvalue weighted by molar-refractivity contribution is 6.53. The molecule has 0 heterocycles. The van der Waals surface area contributed by atoms with E-state index in [-0.39, 0.29) is 41.3 Å². The lowest BCUT2D eigenvalue weighted by molar-refractivity contribution is -0.117. The van der Waals surface area contributed by atoms with Gasteiger partial charge in [0.05, 0.1) is 16.5 Å². The molecule has 1 N–H and O–H groups in total. The van der Waals surface area contributed by atoms with E-state index in [9.17, 15) is 14.0 Å². The second kappa shape index (κ2) is 8.85. The van der Waals surface area contributed by atoms with Crippen molar-refractivity contribution in [2.75, 3.05) is 12.4 Å². The van der Waals surface area contributed by atoms with Crippen molar-refractivity contribution in [3.05, 3.63) is 62.6 Å². The summed E-state index contributed by atoms with van der Waals surface area (Å²) in [6, 6.07) is 8.20. The van der Waals surface area contributed by atoms with Crippen LogP contribution in [-0.2, 0) is 4.79 Å². The topological polar surface area (TPSA) is 49.4 Å². The molecule has 182 valence electrons. The molecule has 2 fully saturated rings. The largest absolute Gasteiger partial charge is 0.338 e. The molecule has 2 amide bonds. The average molecular weight is 546 g/mol. The van der Waals surface area contributed by atoms with Crippen LogP contribution in [0.5, 0.6) is 0 Å². The lowest BCUT2D eigenvalue weighted by Crippen LogP contribution is -2.51. The van der Waals surface area contributed by atoms with Gasteiger partial charge in [-0.2, -0.15) is 0 Å². The first-order valence-electron chi connectivity index (χ1n) is 10.9. The fraction of sp³-hybridized carbons (Fsp3) is 0.440. The Labute approximate surface area is 218 Å². The smallest absolute Gasteiger partial charge is 0.255 e. The first-order chi connectivity index (χ1) is 15.7. The molecule has 2 atom stereocenters. The van der Waals surface area contributed by atoms with Crippen LogP contribution in [-0.4, -0.2) is 39.8 Å². The van der Waals surface area contributed by atoms with E-state index >= 15 is 0 Å². The van der Waals surface area contributed by atoms with Gasteiger partial charge in [-0.15, -0.1) is 23.2 Å². The summed E-state index contributed by atoms with van der Waals surface area (Å²) in [7, 11) is 1.63. The van der Waals surface area contributed by atoms with Crippen LogP contribution in [0.2, 0.25) is 10.0 Å². The Balaban J connectivity index is 1.50. The van der Waals surface area contributed by atoms with Crippen molar-refractivity contribution in [1.82, 2.24) is 4.90 Å². The molecule has 2 aromatic carbocycles. The normalized spacial score (nSPS) is 27.0. The average Bonchev–Trinajstić information content (AvgIpc) is 3.32. The highest BCUT2D eigenvalue weighted by Crippen LogP contribution is 2.65. The van der Waals surface area contributed by atoms with E-state index in [1.54, 1.807) is 25.2 Å². The van der Waals surface area contributed by atoms with E-state index in [0.29, 0.717) is 10.7 Å². The Morgan fingerprint density at radius 1 is 1.09 bits per heavy atom. The molecule has 2 saturated carbocycles. The third-order valence-corrected chi connectivity index (χ3v) is 8.64. The summed E-state index contributed by atoms with van der Waals surface area (Å²) < 4.78 is 12.6. The standard InChI is InChI=1S/C25H25Cl4FN2O2/c1-12-7-14(8-19(27)13(12)2)20-21(25(20,28)29)22(33)31-15-5-6-18(26)17(9-15)23(34)32(4)16-10-24(3,30)11-16/h5-9,16,20-21H,10-11H2,1-4H3,(H,31,33). The van der Waals surface area contributed by atoms with Crippen LogP contribution >= 0.6 is 46.4 Å². The predicted octanol–water partition coefficient (Wildman–Crippen LogP) is 7.10. The fourth-order valence-corrected chi connectivity index (χ4v) is 5.93. The maximum Gasteiger partial charge on any atom is 0.255 e. The number of hydrogen-bond acceptors (Lipinski definition) is 2. The van der Waals surface area contributed by atoms with Crippen LogP contribution in [0.3, 0.4) is 0 Å². The minimum absolute atomic E-state index is 0.193. The van der Waals surface area contributed by atoms with E-state index in [2.05, 4.69) is 5.32 Å². The van der Waals surface area contributed by atoms with Gasteiger partial charge in [-0.3, -0.25) is 9.59 Å². The number of carbonyl (C=O) groups is 2. The summed E-state index contributed by atoms with van der Waals surface area (Å²) in [5, 5.41) is 3.64. The van der Waals surface area contributed by atoms with Crippen LogP contribution in [0, 0.1) is 19.8 Å². The summed E-state index contributed by atoms with van der Waals surface area (Å²) in [4.78, 5) is 27.5. The van der Waals surface area contributed by atoms with E-state index in [0.717, 1.165) is 16.7 Å². The number of halogens is 5. The van der Waals surface area contributed by atoms with Gasteiger partial charge in [-0.25, -0.2) is 4.39 Å². The summed E-state index contributed by atoms with van der Waals surface area (Å²) in [5.41, 5.74) is 2.11. The van der Waals surface area contributed by atoms with Crippen LogP contribution in [0.15, 0.2) is 30.3 Å². The van der Waals surface area contributed by atoms with Crippen LogP contribution in [0.4, 0.5) is 10.1 Å². The van der Waals surface area contributed by atoms with Crippen molar-refractivity contribution in [2.24, 2.45) is 5.92 Å². The van der Waals surface area contributed by atoms with Crippen molar-refractivity contribution < 1.29 is 14.0 Å².